The zero-order valence-corrected chi connectivity index (χ0v) is 12.7. The SMILES string of the molecule is Cc1ccccc1S(=O)(=O)Nc1cc(-c2ccccc2)on1. The number of anilines is 1. The van der Waals surface area contributed by atoms with Crippen LogP contribution in [0.3, 0.4) is 0 Å². The van der Waals surface area contributed by atoms with Gasteiger partial charge in [-0.25, -0.2) is 8.42 Å². The monoisotopic (exact) mass is 314 g/mol. The Hall–Kier alpha value is -2.60. The second-order valence-corrected chi connectivity index (χ2v) is 6.46. The van der Waals surface area contributed by atoms with Gasteiger partial charge >= 0.3 is 0 Å². The van der Waals surface area contributed by atoms with Crippen LogP contribution in [0.1, 0.15) is 5.56 Å². The van der Waals surface area contributed by atoms with E-state index in [4.69, 9.17) is 4.52 Å². The quantitative estimate of drug-likeness (QED) is 0.800. The molecule has 0 radical (unpaired) electrons. The van der Waals surface area contributed by atoms with Gasteiger partial charge in [-0.1, -0.05) is 53.7 Å². The van der Waals surface area contributed by atoms with Crippen LogP contribution in [0.5, 0.6) is 0 Å². The molecule has 0 aliphatic heterocycles. The van der Waals surface area contributed by atoms with Gasteiger partial charge in [-0.15, -0.1) is 0 Å². The first-order valence-corrected chi connectivity index (χ1v) is 8.15. The van der Waals surface area contributed by atoms with E-state index in [9.17, 15) is 8.42 Å². The standard InChI is InChI=1S/C16H14N2O3S/c1-12-7-5-6-10-15(12)22(19,20)18-16-11-14(21-17-16)13-8-3-2-4-9-13/h2-11H,1H3,(H,17,18). The van der Waals surface area contributed by atoms with Crippen molar-refractivity contribution in [2.75, 3.05) is 4.72 Å². The Labute approximate surface area is 128 Å². The summed E-state index contributed by atoms with van der Waals surface area (Å²) in [7, 11) is -3.69. The lowest BCUT2D eigenvalue weighted by molar-refractivity contribution is 0.435. The summed E-state index contributed by atoms with van der Waals surface area (Å²) in [6, 6.07) is 17.7. The van der Waals surface area contributed by atoms with Crippen molar-refractivity contribution in [1.29, 1.82) is 0 Å². The molecule has 1 N–H and O–H groups in total. The van der Waals surface area contributed by atoms with Crippen molar-refractivity contribution in [3.63, 3.8) is 0 Å². The Morgan fingerprint density at radius 3 is 2.41 bits per heavy atom. The van der Waals surface area contributed by atoms with Gasteiger partial charge in [-0.2, -0.15) is 0 Å². The first kappa shape index (κ1) is 14.3. The van der Waals surface area contributed by atoms with Crippen LogP contribution in [0, 0.1) is 6.92 Å². The molecule has 0 bridgehead atoms. The van der Waals surface area contributed by atoms with Gasteiger partial charge in [-0.05, 0) is 18.6 Å². The minimum Gasteiger partial charge on any atom is -0.354 e. The minimum absolute atomic E-state index is 0.155. The Balaban J connectivity index is 1.88. The van der Waals surface area contributed by atoms with Crippen molar-refractivity contribution in [1.82, 2.24) is 5.16 Å². The van der Waals surface area contributed by atoms with Crippen LogP contribution >= 0.6 is 0 Å². The molecule has 0 aliphatic carbocycles. The fraction of sp³-hybridized carbons (Fsp3) is 0.0625. The van der Waals surface area contributed by atoms with E-state index in [1.165, 1.54) is 0 Å². The molecule has 22 heavy (non-hydrogen) atoms. The van der Waals surface area contributed by atoms with Crippen molar-refractivity contribution >= 4 is 15.8 Å². The Morgan fingerprint density at radius 1 is 1.00 bits per heavy atom. The molecule has 0 fully saturated rings. The normalized spacial score (nSPS) is 11.3. The molecule has 0 unspecified atom stereocenters. The van der Waals surface area contributed by atoms with E-state index in [1.807, 2.05) is 30.3 Å². The molecular formula is C16H14N2O3S. The molecule has 1 aromatic heterocycles. The summed E-state index contributed by atoms with van der Waals surface area (Å²) in [5, 5.41) is 3.77. The van der Waals surface area contributed by atoms with E-state index in [0.29, 0.717) is 11.3 Å². The third-order valence-corrected chi connectivity index (χ3v) is 4.71. The molecule has 6 heteroatoms. The molecule has 0 saturated carbocycles. The molecule has 0 amide bonds. The van der Waals surface area contributed by atoms with Crippen LogP contribution in [0.25, 0.3) is 11.3 Å². The molecule has 0 spiro atoms. The summed E-state index contributed by atoms with van der Waals surface area (Å²) in [4.78, 5) is 0.222. The minimum atomic E-state index is -3.69. The third kappa shape index (κ3) is 2.87. The van der Waals surface area contributed by atoms with Crippen LogP contribution in [0.15, 0.2) is 70.1 Å². The fourth-order valence-corrected chi connectivity index (χ4v) is 3.34. The molecule has 2 aromatic carbocycles. The molecule has 3 aromatic rings. The fourth-order valence-electron chi connectivity index (χ4n) is 2.11. The molecule has 112 valence electrons. The summed E-state index contributed by atoms with van der Waals surface area (Å²) in [5.41, 5.74) is 1.50. The maximum atomic E-state index is 12.4. The van der Waals surface area contributed by atoms with Crippen LogP contribution in [-0.2, 0) is 10.0 Å². The van der Waals surface area contributed by atoms with Gasteiger partial charge in [0.05, 0.1) is 4.90 Å². The van der Waals surface area contributed by atoms with E-state index >= 15 is 0 Å². The van der Waals surface area contributed by atoms with Gasteiger partial charge in [0.15, 0.2) is 11.6 Å². The molecule has 0 atom stereocenters. The highest BCUT2D eigenvalue weighted by Gasteiger charge is 2.18. The third-order valence-electron chi connectivity index (χ3n) is 3.19. The van der Waals surface area contributed by atoms with Crippen molar-refractivity contribution in [2.45, 2.75) is 11.8 Å². The molecule has 1 heterocycles. The number of benzene rings is 2. The molecule has 0 saturated heterocycles. The van der Waals surface area contributed by atoms with Crippen molar-refractivity contribution in [3.05, 3.63) is 66.2 Å². The summed E-state index contributed by atoms with van der Waals surface area (Å²) in [6.07, 6.45) is 0. The highest BCUT2D eigenvalue weighted by molar-refractivity contribution is 7.92. The highest BCUT2D eigenvalue weighted by Crippen LogP contribution is 2.24. The molecule has 5 nitrogen and oxygen atoms in total. The second kappa shape index (κ2) is 5.65. The van der Waals surface area contributed by atoms with Gasteiger partial charge < -0.3 is 4.52 Å². The summed E-state index contributed by atoms with van der Waals surface area (Å²) in [6.45, 7) is 1.74. The van der Waals surface area contributed by atoms with Crippen LogP contribution in [-0.4, -0.2) is 13.6 Å². The average molecular weight is 314 g/mol. The van der Waals surface area contributed by atoms with Gasteiger partial charge in [0.25, 0.3) is 10.0 Å². The number of nitrogens with one attached hydrogen (secondary N) is 1. The highest BCUT2D eigenvalue weighted by atomic mass is 32.2. The number of hydrogen-bond acceptors (Lipinski definition) is 4. The first-order chi connectivity index (χ1) is 10.6. The number of sulfonamides is 1. The van der Waals surface area contributed by atoms with E-state index in [0.717, 1.165) is 5.56 Å². The molecular weight excluding hydrogens is 300 g/mol. The van der Waals surface area contributed by atoms with E-state index in [1.54, 1.807) is 37.3 Å². The van der Waals surface area contributed by atoms with Crippen LogP contribution < -0.4 is 4.72 Å². The maximum Gasteiger partial charge on any atom is 0.263 e. The van der Waals surface area contributed by atoms with E-state index in [-0.39, 0.29) is 10.7 Å². The number of nitrogens with zero attached hydrogens (tertiary/aromatic N) is 1. The summed E-state index contributed by atoms with van der Waals surface area (Å²) < 4.78 is 32.4. The Morgan fingerprint density at radius 2 is 1.68 bits per heavy atom. The summed E-state index contributed by atoms with van der Waals surface area (Å²) >= 11 is 0. The number of aromatic nitrogens is 1. The predicted molar refractivity (Wildman–Crippen MR) is 83.9 cm³/mol. The lowest BCUT2D eigenvalue weighted by atomic mass is 10.2. The smallest absolute Gasteiger partial charge is 0.263 e. The number of hydrogen-bond donors (Lipinski definition) is 1. The topological polar surface area (TPSA) is 72.2 Å². The zero-order valence-electron chi connectivity index (χ0n) is 11.9. The molecule has 3 rings (SSSR count). The van der Waals surface area contributed by atoms with E-state index < -0.39 is 10.0 Å². The van der Waals surface area contributed by atoms with Gasteiger partial charge in [0.1, 0.15) is 0 Å². The largest absolute Gasteiger partial charge is 0.354 e. The van der Waals surface area contributed by atoms with Crippen molar-refractivity contribution < 1.29 is 12.9 Å². The van der Waals surface area contributed by atoms with Crippen LogP contribution in [0.2, 0.25) is 0 Å². The van der Waals surface area contributed by atoms with Crippen LogP contribution in [0.4, 0.5) is 5.82 Å². The van der Waals surface area contributed by atoms with Crippen molar-refractivity contribution in [3.8, 4) is 11.3 Å². The average Bonchev–Trinajstić information content (AvgIpc) is 2.96. The lowest BCUT2D eigenvalue weighted by Gasteiger charge is -2.07. The maximum absolute atomic E-state index is 12.4. The van der Waals surface area contributed by atoms with Gasteiger partial charge in [0.2, 0.25) is 0 Å². The first-order valence-electron chi connectivity index (χ1n) is 6.67. The number of aryl methyl sites for hydroxylation is 1. The lowest BCUT2D eigenvalue weighted by Crippen LogP contribution is -2.14. The van der Waals surface area contributed by atoms with Crippen molar-refractivity contribution in [2.24, 2.45) is 0 Å². The van der Waals surface area contributed by atoms with Gasteiger partial charge in [0, 0.05) is 11.6 Å². The zero-order chi connectivity index (χ0) is 15.6. The van der Waals surface area contributed by atoms with E-state index in [2.05, 4.69) is 9.88 Å². The Bertz CT molecular complexity index is 887. The second-order valence-electron chi connectivity index (χ2n) is 4.81. The van der Waals surface area contributed by atoms with Gasteiger partial charge in [-0.3, -0.25) is 4.72 Å². The Kier molecular flexibility index (Phi) is 3.68. The molecule has 0 aliphatic rings. The summed E-state index contributed by atoms with van der Waals surface area (Å²) in [5.74, 6) is 0.658. The predicted octanol–water partition coefficient (Wildman–Crippen LogP) is 3.45. The number of rotatable bonds is 4.